The molecule has 1 saturated heterocycles. The Morgan fingerprint density at radius 2 is 1.41 bits per heavy atom. The number of unbranched alkanes of at least 4 members (excludes halogenated alkanes) is 5. The second-order valence-electron chi connectivity index (χ2n) is 5.17. The van der Waals surface area contributed by atoms with Gasteiger partial charge < -0.3 is 9.22 Å². The van der Waals surface area contributed by atoms with Gasteiger partial charge in [-0.15, -0.1) is 0 Å². The van der Waals surface area contributed by atoms with Gasteiger partial charge in [0.05, 0.1) is 26.8 Å². The first kappa shape index (κ1) is 16.9. The summed E-state index contributed by atoms with van der Waals surface area (Å²) >= 11 is 0. The van der Waals surface area contributed by atoms with E-state index >= 15 is 0 Å². The van der Waals surface area contributed by atoms with Crippen LogP contribution in [0.4, 0.5) is 0 Å². The van der Waals surface area contributed by atoms with Gasteiger partial charge in [-0.3, -0.25) is 0 Å². The molecule has 0 aromatic rings. The largest absolute Gasteiger partial charge is 0.370 e. The second kappa shape index (κ2) is 11.0. The van der Waals surface area contributed by atoms with Crippen LogP contribution in [-0.4, -0.2) is 44.4 Å². The normalized spacial score (nSPS) is 18.4. The van der Waals surface area contributed by atoms with Crippen LogP contribution in [0.2, 0.25) is 0 Å². The van der Waals surface area contributed by atoms with E-state index in [9.17, 15) is 0 Å². The van der Waals surface area contributed by atoms with E-state index in [1.165, 1.54) is 62.6 Å². The first-order valence-corrected chi connectivity index (χ1v) is 7.68. The van der Waals surface area contributed by atoms with Crippen molar-refractivity contribution in [2.75, 3.05) is 39.9 Å². The summed E-state index contributed by atoms with van der Waals surface area (Å²) in [5.74, 6) is 0. The summed E-state index contributed by atoms with van der Waals surface area (Å²) in [6, 6.07) is 0. The summed E-state index contributed by atoms with van der Waals surface area (Å²) in [6.45, 7) is 12.0. The molecule has 0 amide bonds. The molecule has 0 saturated carbocycles. The monoisotopic (exact) mass is 244 g/mol. The van der Waals surface area contributed by atoms with Crippen molar-refractivity contribution in [3.05, 3.63) is 0 Å². The van der Waals surface area contributed by atoms with Crippen LogP contribution < -0.4 is 0 Å². The first-order chi connectivity index (χ1) is 8.27. The Kier molecular flexibility index (Phi) is 11.0. The Morgan fingerprint density at radius 3 is 2.00 bits per heavy atom. The number of nitrogens with zero attached hydrogens (tertiary/aromatic N) is 1. The Bertz CT molecular complexity index is 153. The summed E-state index contributed by atoms with van der Waals surface area (Å²) < 4.78 is 6.65. The SMILES string of the molecule is CC.CCCCCCCC[N+]1(C)CCOCC1. The molecule has 0 aromatic heterocycles. The number of likely N-dealkylation sites (N-methyl/N-ethyl adjacent to an activating group) is 1. The maximum atomic E-state index is 5.41. The molecule has 1 heterocycles. The molecule has 1 fully saturated rings. The van der Waals surface area contributed by atoms with Crippen molar-refractivity contribution in [3.63, 3.8) is 0 Å². The third kappa shape index (κ3) is 8.62. The lowest BCUT2D eigenvalue weighted by molar-refractivity contribution is -0.917. The van der Waals surface area contributed by atoms with E-state index in [-0.39, 0.29) is 0 Å². The highest BCUT2D eigenvalue weighted by atomic mass is 16.5. The van der Waals surface area contributed by atoms with Gasteiger partial charge >= 0.3 is 0 Å². The summed E-state index contributed by atoms with van der Waals surface area (Å²) in [5.41, 5.74) is 0. The van der Waals surface area contributed by atoms with E-state index in [1.807, 2.05) is 13.8 Å². The maximum absolute atomic E-state index is 5.41. The van der Waals surface area contributed by atoms with Crippen LogP contribution in [0.15, 0.2) is 0 Å². The van der Waals surface area contributed by atoms with E-state index in [2.05, 4.69) is 14.0 Å². The predicted octanol–water partition coefficient (Wildman–Crippen LogP) is 3.85. The third-order valence-corrected chi connectivity index (χ3v) is 3.60. The Hall–Kier alpha value is -0.0800. The van der Waals surface area contributed by atoms with E-state index in [0.29, 0.717) is 0 Å². The smallest absolute Gasteiger partial charge is 0.102 e. The van der Waals surface area contributed by atoms with E-state index in [4.69, 9.17) is 4.74 Å². The molecule has 0 aliphatic carbocycles. The predicted molar refractivity (Wildman–Crippen MR) is 76.3 cm³/mol. The van der Waals surface area contributed by atoms with Crippen molar-refractivity contribution in [2.45, 2.75) is 59.3 Å². The van der Waals surface area contributed by atoms with E-state index < -0.39 is 0 Å². The van der Waals surface area contributed by atoms with Gasteiger partial charge in [-0.05, 0) is 12.8 Å². The van der Waals surface area contributed by atoms with E-state index in [0.717, 1.165) is 13.2 Å². The van der Waals surface area contributed by atoms with Crippen molar-refractivity contribution in [3.8, 4) is 0 Å². The zero-order chi connectivity index (χ0) is 13.0. The summed E-state index contributed by atoms with van der Waals surface area (Å²) in [5, 5.41) is 0. The average molecular weight is 244 g/mol. The highest BCUT2D eigenvalue weighted by Gasteiger charge is 2.23. The van der Waals surface area contributed by atoms with Crippen molar-refractivity contribution >= 4 is 0 Å². The van der Waals surface area contributed by atoms with Gasteiger partial charge in [0.15, 0.2) is 0 Å². The minimum Gasteiger partial charge on any atom is -0.370 e. The highest BCUT2D eigenvalue weighted by Crippen LogP contribution is 2.12. The zero-order valence-electron chi connectivity index (χ0n) is 12.6. The number of hydrogen-bond donors (Lipinski definition) is 0. The number of morpholine rings is 1. The summed E-state index contributed by atoms with van der Waals surface area (Å²) in [7, 11) is 2.38. The lowest BCUT2D eigenvalue weighted by Crippen LogP contribution is -2.52. The average Bonchev–Trinajstić information content (AvgIpc) is 2.37. The van der Waals surface area contributed by atoms with Crippen LogP contribution >= 0.6 is 0 Å². The fraction of sp³-hybridized carbons (Fsp3) is 1.00. The molecule has 0 radical (unpaired) electrons. The molecule has 0 unspecified atom stereocenters. The van der Waals surface area contributed by atoms with Crippen molar-refractivity contribution in [1.82, 2.24) is 0 Å². The Balaban J connectivity index is 0.00000121. The van der Waals surface area contributed by atoms with E-state index in [1.54, 1.807) is 0 Å². The van der Waals surface area contributed by atoms with Crippen LogP contribution in [0.3, 0.4) is 0 Å². The molecule has 1 rings (SSSR count). The number of hydrogen-bond acceptors (Lipinski definition) is 1. The molecule has 1 aliphatic heterocycles. The molecule has 0 aromatic carbocycles. The molecule has 1 aliphatic rings. The molecule has 17 heavy (non-hydrogen) atoms. The Labute approximate surface area is 109 Å². The number of rotatable bonds is 7. The van der Waals surface area contributed by atoms with Crippen molar-refractivity contribution in [1.29, 1.82) is 0 Å². The Morgan fingerprint density at radius 1 is 0.882 bits per heavy atom. The van der Waals surface area contributed by atoms with Crippen LogP contribution in [0, 0.1) is 0 Å². The number of quaternary nitrogens is 1. The molecule has 104 valence electrons. The third-order valence-electron chi connectivity index (χ3n) is 3.60. The van der Waals surface area contributed by atoms with Gasteiger partial charge in [-0.2, -0.15) is 0 Å². The number of ether oxygens (including phenoxy) is 1. The van der Waals surface area contributed by atoms with Crippen LogP contribution in [0.1, 0.15) is 59.3 Å². The van der Waals surface area contributed by atoms with Gasteiger partial charge in [0.25, 0.3) is 0 Å². The summed E-state index contributed by atoms with van der Waals surface area (Å²) in [6.07, 6.45) is 8.47. The molecule has 0 atom stereocenters. The maximum Gasteiger partial charge on any atom is 0.102 e. The topological polar surface area (TPSA) is 9.23 Å². The first-order valence-electron chi connectivity index (χ1n) is 7.68. The molecule has 2 nitrogen and oxygen atoms in total. The quantitative estimate of drug-likeness (QED) is 0.488. The van der Waals surface area contributed by atoms with Crippen LogP contribution in [0.25, 0.3) is 0 Å². The molecule has 2 heteroatoms. The molecular formula is C15H34NO+. The summed E-state index contributed by atoms with van der Waals surface area (Å²) in [4.78, 5) is 0. The van der Waals surface area contributed by atoms with Crippen molar-refractivity contribution < 1.29 is 9.22 Å². The molecule has 0 bridgehead atoms. The minimum atomic E-state index is 0.965. The van der Waals surface area contributed by atoms with Crippen molar-refractivity contribution in [2.24, 2.45) is 0 Å². The molecule has 0 spiro atoms. The highest BCUT2D eigenvalue weighted by molar-refractivity contribution is 4.49. The van der Waals surface area contributed by atoms with Gasteiger partial charge in [-0.25, -0.2) is 0 Å². The van der Waals surface area contributed by atoms with Gasteiger partial charge in [0, 0.05) is 0 Å². The minimum absolute atomic E-state index is 0.965. The lowest BCUT2D eigenvalue weighted by atomic mass is 10.1. The van der Waals surface area contributed by atoms with Gasteiger partial charge in [0.2, 0.25) is 0 Å². The van der Waals surface area contributed by atoms with Crippen LogP contribution in [-0.2, 0) is 4.74 Å². The molecule has 0 N–H and O–H groups in total. The lowest BCUT2D eigenvalue weighted by Gasteiger charge is -2.37. The van der Waals surface area contributed by atoms with Crippen LogP contribution in [0.5, 0.6) is 0 Å². The fourth-order valence-corrected chi connectivity index (χ4v) is 2.28. The molecular weight excluding hydrogens is 210 g/mol. The van der Waals surface area contributed by atoms with Gasteiger partial charge in [-0.1, -0.05) is 46.5 Å². The second-order valence-corrected chi connectivity index (χ2v) is 5.17. The van der Waals surface area contributed by atoms with Gasteiger partial charge in [0.1, 0.15) is 13.1 Å². The zero-order valence-corrected chi connectivity index (χ0v) is 12.6. The fourth-order valence-electron chi connectivity index (χ4n) is 2.28. The standard InChI is InChI=1S/C13H28NO.C2H6/c1-3-4-5-6-7-8-9-14(2)10-12-15-13-11-14;1-2/h3-13H2,1-2H3;1-2H3/q+1;.